The van der Waals surface area contributed by atoms with Crippen molar-refractivity contribution >= 4 is 11.8 Å². The van der Waals surface area contributed by atoms with Crippen LogP contribution in [-0.2, 0) is 0 Å². The molecule has 14 heavy (non-hydrogen) atoms. The topological polar surface area (TPSA) is 48.8 Å². The number of hydrogen-bond donors (Lipinski definition) is 0. The van der Waals surface area contributed by atoms with Crippen molar-refractivity contribution in [2.75, 3.05) is 12.3 Å². The third kappa shape index (κ3) is 3.73. The number of benzene rings is 1. The number of rotatable bonds is 5. The first-order chi connectivity index (χ1) is 6.84. The van der Waals surface area contributed by atoms with Crippen molar-refractivity contribution in [2.24, 2.45) is 5.11 Å². The molecule has 1 aromatic carbocycles. The Hall–Kier alpha value is -1.12. The third-order valence-electron chi connectivity index (χ3n) is 1.82. The molecular weight excluding hydrogens is 194 g/mol. The molecule has 0 aliphatic rings. The van der Waals surface area contributed by atoms with Crippen LogP contribution in [0.15, 0.2) is 34.3 Å². The maximum absolute atomic E-state index is 8.08. The molecule has 0 saturated heterocycles. The van der Waals surface area contributed by atoms with E-state index < -0.39 is 0 Å². The van der Waals surface area contributed by atoms with Gasteiger partial charge in [-0.15, -0.1) is 11.8 Å². The maximum Gasteiger partial charge on any atom is 0.0265 e. The molecule has 0 atom stereocenters. The van der Waals surface area contributed by atoms with Crippen molar-refractivity contribution in [1.82, 2.24) is 0 Å². The van der Waals surface area contributed by atoms with E-state index in [-0.39, 0.29) is 0 Å². The van der Waals surface area contributed by atoms with E-state index in [4.69, 9.17) is 5.53 Å². The molecule has 0 radical (unpaired) electrons. The highest BCUT2D eigenvalue weighted by Gasteiger charge is 1.96. The van der Waals surface area contributed by atoms with E-state index in [2.05, 4.69) is 29.1 Å². The van der Waals surface area contributed by atoms with Gasteiger partial charge >= 0.3 is 0 Å². The second-order valence-electron chi connectivity index (χ2n) is 2.92. The Balaban J connectivity index is 2.31. The van der Waals surface area contributed by atoms with E-state index in [1.54, 1.807) is 0 Å². The first-order valence-electron chi connectivity index (χ1n) is 4.54. The van der Waals surface area contributed by atoms with Crippen molar-refractivity contribution in [3.8, 4) is 0 Å². The summed E-state index contributed by atoms with van der Waals surface area (Å²) in [5, 5.41) is 3.49. The summed E-state index contributed by atoms with van der Waals surface area (Å²) < 4.78 is 0. The summed E-state index contributed by atoms with van der Waals surface area (Å²) in [6, 6.07) is 8.31. The fourth-order valence-corrected chi connectivity index (χ4v) is 2.04. The molecule has 0 fully saturated rings. The highest BCUT2D eigenvalue weighted by molar-refractivity contribution is 7.99. The number of thioether (sulfide) groups is 1. The minimum atomic E-state index is 0.593. The second-order valence-corrected chi connectivity index (χ2v) is 4.06. The van der Waals surface area contributed by atoms with Crippen molar-refractivity contribution in [2.45, 2.75) is 18.2 Å². The Labute approximate surface area is 88.1 Å². The monoisotopic (exact) mass is 207 g/mol. The highest BCUT2D eigenvalue weighted by Crippen LogP contribution is 2.22. The van der Waals surface area contributed by atoms with E-state index in [0.29, 0.717) is 6.54 Å². The standard InChI is InChI=1S/C10H13N3S/c1-9-5-2-3-6-10(9)14-8-4-7-12-13-11/h2-3,5-6H,4,7-8H2,1H3. The second kappa shape index (κ2) is 6.35. The van der Waals surface area contributed by atoms with Crippen molar-refractivity contribution in [1.29, 1.82) is 0 Å². The van der Waals surface area contributed by atoms with Gasteiger partial charge < -0.3 is 0 Å². The zero-order chi connectivity index (χ0) is 10.2. The Morgan fingerprint density at radius 2 is 2.21 bits per heavy atom. The lowest BCUT2D eigenvalue weighted by molar-refractivity contribution is 0.931. The molecule has 1 aromatic rings. The van der Waals surface area contributed by atoms with Gasteiger partial charge in [0.25, 0.3) is 0 Å². The smallest absolute Gasteiger partial charge is 0.0265 e. The van der Waals surface area contributed by atoms with Gasteiger partial charge in [0, 0.05) is 16.4 Å². The quantitative estimate of drug-likeness (QED) is 0.238. The van der Waals surface area contributed by atoms with E-state index >= 15 is 0 Å². The van der Waals surface area contributed by atoms with E-state index in [0.717, 1.165) is 12.2 Å². The Morgan fingerprint density at radius 3 is 2.93 bits per heavy atom. The molecule has 0 bridgehead atoms. The maximum atomic E-state index is 8.08. The molecule has 0 aliphatic carbocycles. The average Bonchev–Trinajstić information content (AvgIpc) is 2.20. The fraction of sp³-hybridized carbons (Fsp3) is 0.400. The summed E-state index contributed by atoms with van der Waals surface area (Å²) in [4.78, 5) is 4.03. The van der Waals surface area contributed by atoms with E-state index in [1.807, 2.05) is 23.9 Å². The molecule has 0 N–H and O–H groups in total. The summed E-state index contributed by atoms with van der Waals surface area (Å²) >= 11 is 1.81. The van der Waals surface area contributed by atoms with Gasteiger partial charge in [-0.1, -0.05) is 23.3 Å². The molecule has 0 heterocycles. The SMILES string of the molecule is Cc1ccccc1SCCCN=[N+]=[N-]. The molecule has 0 aliphatic heterocycles. The largest absolute Gasteiger partial charge is 0.126 e. The third-order valence-corrected chi connectivity index (χ3v) is 3.08. The summed E-state index contributed by atoms with van der Waals surface area (Å²) in [6.45, 7) is 2.70. The lowest BCUT2D eigenvalue weighted by Gasteiger charge is -2.03. The lowest BCUT2D eigenvalue weighted by Crippen LogP contribution is -1.85. The summed E-state index contributed by atoms with van der Waals surface area (Å²) in [7, 11) is 0. The van der Waals surface area contributed by atoms with E-state index in [9.17, 15) is 0 Å². The molecular formula is C10H13N3S. The highest BCUT2D eigenvalue weighted by atomic mass is 32.2. The van der Waals surface area contributed by atoms with Crippen LogP contribution < -0.4 is 0 Å². The predicted molar refractivity (Wildman–Crippen MR) is 60.5 cm³/mol. The van der Waals surface area contributed by atoms with Gasteiger partial charge in [-0.3, -0.25) is 0 Å². The van der Waals surface area contributed by atoms with Gasteiger partial charge in [-0.2, -0.15) is 0 Å². The van der Waals surface area contributed by atoms with Gasteiger partial charge in [0.05, 0.1) is 0 Å². The number of azide groups is 1. The predicted octanol–water partition coefficient (Wildman–Crippen LogP) is 3.79. The molecule has 74 valence electrons. The summed E-state index contributed by atoms with van der Waals surface area (Å²) in [5.41, 5.74) is 9.39. The van der Waals surface area contributed by atoms with Crippen LogP contribution in [0.3, 0.4) is 0 Å². The van der Waals surface area contributed by atoms with Crippen LogP contribution in [0.2, 0.25) is 0 Å². The molecule has 0 saturated carbocycles. The minimum Gasteiger partial charge on any atom is -0.126 e. The summed E-state index contributed by atoms with van der Waals surface area (Å²) in [5.74, 6) is 1.00. The van der Waals surface area contributed by atoms with E-state index in [1.165, 1.54) is 10.5 Å². The molecule has 1 rings (SSSR count). The summed E-state index contributed by atoms with van der Waals surface area (Å²) in [6.07, 6.45) is 0.934. The van der Waals surface area contributed by atoms with Crippen molar-refractivity contribution < 1.29 is 0 Å². The molecule has 0 aromatic heterocycles. The molecule has 3 nitrogen and oxygen atoms in total. The normalized spacial score (nSPS) is 9.50. The van der Waals surface area contributed by atoms with Crippen LogP contribution in [0.4, 0.5) is 0 Å². The molecule has 0 amide bonds. The molecule has 0 spiro atoms. The van der Waals surface area contributed by atoms with Gasteiger partial charge in [0.2, 0.25) is 0 Å². The zero-order valence-electron chi connectivity index (χ0n) is 8.18. The lowest BCUT2D eigenvalue weighted by atomic mass is 10.2. The molecule has 0 unspecified atom stereocenters. The van der Waals surface area contributed by atoms with Crippen LogP contribution in [0.5, 0.6) is 0 Å². The minimum absolute atomic E-state index is 0.593. The van der Waals surface area contributed by atoms with Crippen molar-refractivity contribution in [3.63, 3.8) is 0 Å². The Morgan fingerprint density at radius 1 is 1.43 bits per heavy atom. The van der Waals surface area contributed by atoms with Crippen LogP contribution in [-0.4, -0.2) is 12.3 Å². The van der Waals surface area contributed by atoms with Gasteiger partial charge in [0.1, 0.15) is 0 Å². The number of nitrogens with zero attached hydrogens (tertiary/aromatic N) is 3. The Kier molecular flexibility index (Phi) is 4.97. The first-order valence-corrected chi connectivity index (χ1v) is 5.52. The fourth-order valence-electron chi connectivity index (χ4n) is 1.08. The number of aryl methyl sites for hydroxylation is 1. The van der Waals surface area contributed by atoms with Crippen LogP contribution >= 0.6 is 11.8 Å². The average molecular weight is 207 g/mol. The van der Waals surface area contributed by atoms with Gasteiger partial charge in [0.15, 0.2) is 0 Å². The van der Waals surface area contributed by atoms with Crippen LogP contribution in [0.25, 0.3) is 10.4 Å². The van der Waals surface area contributed by atoms with Crippen molar-refractivity contribution in [3.05, 3.63) is 40.3 Å². The van der Waals surface area contributed by atoms with Gasteiger partial charge in [-0.05, 0) is 36.3 Å². The number of hydrogen-bond acceptors (Lipinski definition) is 2. The van der Waals surface area contributed by atoms with Crippen LogP contribution in [0, 0.1) is 6.92 Å². The zero-order valence-corrected chi connectivity index (χ0v) is 9.00. The molecule has 4 heteroatoms. The Bertz CT molecular complexity index is 332. The first kappa shape index (κ1) is 11.0. The van der Waals surface area contributed by atoms with Gasteiger partial charge in [-0.25, -0.2) is 0 Å². The van der Waals surface area contributed by atoms with Crippen LogP contribution in [0.1, 0.15) is 12.0 Å².